The van der Waals surface area contributed by atoms with E-state index >= 15 is 0 Å². The largest absolute Gasteiger partial charge is 0.494 e. The van der Waals surface area contributed by atoms with Crippen LogP contribution in [-0.2, 0) is 39.6 Å². The molecule has 1 aliphatic heterocycles. The summed E-state index contributed by atoms with van der Waals surface area (Å²) >= 11 is 0. The summed E-state index contributed by atoms with van der Waals surface area (Å²) in [4.78, 5) is 26.3. The van der Waals surface area contributed by atoms with Gasteiger partial charge in [0.05, 0.1) is 23.8 Å². The number of nitrogens with zero attached hydrogens (tertiary/aromatic N) is 2. The highest BCUT2D eigenvalue weighted by Gasteiger charge is 2.47. The summed E-state index contributed by atoms with van der Waals surface area (Å²) in [6, 6.07) is 5.14. The number of carbonyl (C=O) groups is 2. The molecule has 1 aromatic heterocycles. The Labute approximate surface area is 256 Å². The molecule has 0 unspecified atom stereocenters. The van der Waals surface area contributed by atoms with Crippen molar-refractivity contribution in [3.05, 3.63) is 40.6 Å². The zero-order chi connectivity index (χ0) is 32.8. The molecule has 16 heteroatoms. The minimum Gasteiger partial charge on any atom is -0.494 e. The maximum absolute atomic E-state index is 13.6. The van der Waals surface area contributed by atoms with Gasteiger partial charge in [0, 0.05) is 25.6 Å². The Hall–Kier alpha value is -3.30. The van der Waals surface area contributed by atoms with E-state index < -0.39 is 57.6 Å². The van der Waals surface area contributed by atoms with Gasteiger partial charge < -0.3 is 15.4 Å². The molecule has 1 aromatic carbocycles. The first-order valence-corrected chi connectivity index (χ1v) is 16.8. The van der Waals surface area contributed by atoms with Crippen molar-refractivity contribution in [2.45, 2.75) is 82.2 Å². The van der Waals surface area contributed by atoms with E-state index in [0.29, 0.717) is 24.3 Å². The Kier molecular flexibility index (Phi) is 8.92. The zero-order valence-corrected chi connectivity index (χ0v) is 25.3. The van der Waals surface area contributed by atoms with Gasteiger partial charge in [-0.15, -0.1) is 0 Å². The molecular formula is C29H34F6N4O5S. The van der Waals surface area contributed by atoms with E-state index in [1.54, 1.807) is 18.2 Å². The number of sulfone groups is 1. The number of anilines is 1. The Morgan fingerprint density at radius 2 is 1.87 bits per heavy atom. The zero-order valence-electron chi connectivity index (χ0n) is 24.5. The molecule has 45 heavy (non-hydrogen) atoms. The van der Waals surface area contributed by atoms with E-state index in [9.17, 15) is 44.3 Å². The highest BCUT2D eigenvalue weighted by atomic mass is 32.2. The van der Waals surface area contributed by atoms with E-state index in [1.807, 2.05) is 0 Å². The van der Waals surface area contributed by atoms with Crippen molar-refractivity contribution in [1.82, 2.24) is 15.1 Å². The highest BCUT2D eigenvalue weighted by molar-refractivity contribution is 7.91. The number of alkyl halides is 6. The first-order valence-electron chi connectivity index (χ1n) is 14.7. The van der Waals surface area contributed by atoms with Gasteiger partial charge in [0.15, 0.2) is 9.84 Å². The van der Waals surface area contributed by atoms with Crippen LogP contribution >= 0.6 is 0 Å². The third-order valence-electron chi connectivity index (χ3n) is 8.75. The van der Waals surface area contributed by atoms with Crippen LogP contribution in [0.2, 0.25) is 0 Å². The predicted molar refractivity (Wildman–Crippen MR) is 150 cm³/mol. The quantitative estimate of drug-likeness (QED) is 0.285. The summed E-state index contributed by atoms with van der Waals surface area (Å²) in [5.74, 6) is -3.41. The average Bonchev–Trinajstić information content (AvgIpc) is 3.42. The number of carbonyl (C=O) groups excluding carboxylic acids is 2. The Bertz CT molecular complexity index is 1560. The lowest BCUT2D eigenvalue weighted by molar-refractivity contribution is -0.184. The molecule has 2 amide bonds. The normalized spacial score (nSPS) is 23.4. The van der Waals surface area contributed by atoms with Crippen LogP contribution < -0.4 is 15.4 Å². The molecule has 3 aliphatic rings. The second-order valence-corrected chi connectivity index (χ2v) is 14.5. The third-order valence-corrected chi connectivity index (χ3v) is 9.54. The van der Waals surface area contributed by atoms with Gasteiger partial charge in [-0.3, -0.25) is 9.59 Å². The van der Waals surface area contributed by atoms with Gasteiger partial charge in [-0.05, 0) is 74.1 Å². The fourth-order valence-electron chi connectivity index (χ4n) is 6.66. The molecule has 2 N–H and O–H groups in total. The lowest BCUT2D eigenvalue weighted by atomic mass is 9.81. The molecule has 2 aliphatic carbocycles. The minimum absolute atomic E-state index is 0.00442. The topological polar surface area (TPSA) is 119 Å². The van der Waals surface area contributed by atoms with E-state index in [1.165, 1.54) is 4.68 Å². The Balaban J connectivity index is 1.38. The third kappa shape index (κ3) is 7.75. The van der Waals surface area contributed by atoms with E-state index in [0.717, 1.165) is 17.4 Å². The van der Waals surface area contributed by atoms with Crippen molar-refractivity contribution in [3.63, 3.8) is 0 Å². The Morgan fingerprint density at radius 1 is 1.16 bits per heavy atom. The number of fused-ring (bicyclic) bond motifs is 3. The van der Waals surface area contributed by atoms with Crippen LogP contribution in [-0.4, -0.2) is 61.0 Å². The lowest BCUT2D eigenvalue weighted by Gasteiger charge is -2.35. The van der Waals surface area contributed by atoms with E-state index in [2.05, 4.69) is 15.7 Å². The molecular weight excluding hydrogens is 630 g/mol. The number of benzene rings is 1. The first kappa shape index (κ1) is 33.1. The molecule has 0 radical (unpaired) electrons. The molecule has 1 spiro atoms. The lowest BCUT2D eigenvalue weighted by Crippen LogP contribution is -2.49. The van der Waals surface area contributed by atoms with Crippen molar-refractivity contribution in [2.75, 3.05) is 23.9 Å². The maximum atomic E-state index is 13.6. The van der Waals surface area contributed by atoms with Gasteiger partial charge in [-0.2, -0.15) is 31.4 Å². The Morgan fingerprint density at radius 3 is 2.51 bits per heavy atom. The van der Waals surface area contributed by atoms with Crippen LogP contribution in [0.4, 0.5) is 32.2 Å². The number of ether oxygens (including phenoxy) is 1. The number of halogens is 6. The molecule has 1 fully saturated rings. The van der Waals surface area contributed by atoms with Crippen molar-refractivity contribution in [2.24, 2.45) is 11.8 Å². The van der Waals surface area contributed by atoms with Gasteiger partial charge >= 0.3 is 12.4 Å². The maximum Gasteiger partial charge on any atom is 0.391 e. The van der Waals surface area contributed by atoms with E-state index in [-0.39, 0.29) is 69.0 Å². The van der Waals surface area contributed by atoms with E-state index in [4.69, 9.17) is 4.74 Å². The van der Waals surface area contributed by atoms with Gasteiger partial charge in [0.1, 0.15) is 22.9 Å². The molecule has 0 bridgehead atoms. The molecule has 2 aromatic rings. The number of aromatic nitrogens is 2. The van der Waals surface area contributed by atoms with Crippen molar-refractivity contribution in [3.8, 4) is 5.75 Å². The number of aryl methyl sites for hydroxylation is 1. The smallest absolute Gasteiger partial charge is 0.391 e. The van der Waals surface area contributed by atoms with Crippen LogP contribution in [0.5, 0.6) is 5.75 Å². The first-order chi connectivity index (χ1) is 20.9. The second kappa shape index (κ2) is 12.1. The van der Waals surface area contributed by atoms with Crippen molar-refractivity contribution < 1.29 is 49.1 Å². The van der Waals surface area contributed by atoms with Gasteiger partial charge in [-0.1, -0.05) is 6.07 Å². The minimum atomic E-state index is -4.27. The predicted octanol–water partition coefficient (Wildman–Crippen LogP) is 5.08. The number of nitrogens with one attached hydrogen (secondary N) is 2. The summed E-state index contributed by atoms with van der Waals surface area (Å²) < 4.78 is 107. The van der Waals surface area contributed by atoms with Crippen molar-refractivity contribution >= 4 is 27.5 Å². The number of amides is 2. The van der Waals surface area contributed by atoms with Crippen LogP contribution in [0, 0.1) is 11.8 Å². The van der Waals surface area contributed by atoms with Crippen LogP contribution in [0.3, 0.4) is 0 Å². The molecule has 2 heterocycles. The van der Waals surface area contributed by atoms with Crippen LogP contribution in [0.1, 0.15) is 72.1 Å². The summed E-state index contributed by atoms with van der Waals surface area (Å²) in [6.07, 6.45) is -7.04. The van der Waals surface area contributed by atoms with Gasteiger partial charge in [0.25, 0.3) is 5.91 Å². The highest BCUT2D eigenvalue weighted by Crippen LogP contribution is 2.45. The summed E-state index contributed by atoms with van der Waals surface area (Å²) in [6.45, 7) is 0.0324. The molecule has 1 atom stereocenters. The fraction of sp³-hybridized carbons (Fsp3) is 0.621. The molecule has 0 saturated heterocycles. The SMILES string of the molecule is CS(=O)(=O)CC(=O)Nc1c2c(nn1CC1CCC(C(F)(F)F)CC1)C[C@]1(CCc3cc(OCCCC(F)(F)F)ccc31)NC2=O. The standard InChI is InChI=1S/C29H34F6N4O5S/c1-45(42,43)16-23(40)36-25-24-22(38-39(25)15-17-3-5-19(6-4-17)29(33,34)35)14-27(37-26(24)41)11-9-18-13-20(7-8-21(18)27)44-12-2-10-28(30,31)32/h7-8,13,17,19H,2-6,9-12,14-16H2,1H3,(H,36,40)(H,37,41)/t17?,19?,27-/m0/s1. The molecule has 9 nitrogen and oxygen atoms in total. The van der Waals surface area contributed by atoms with Gasteiger partial charge in [-0.25, -0.2) is 13.1 Å². The van der Waals surface area contributed by atoms with Crippen molar-refractivity contribution in [1.29, 1.82) is 0 Å². The molecule has 5 rings (SSSR count). The van der Waals surface area contributed by atoms with Crippen LogP contribution in [0.15, 0.2) is 18.2 Å². The second-order valence-electron chi connectivity index (χ2n) is 12.3. The summed E-state index contributed by atoms with van der Waals surface area (Å²) in [5, 5.41) is 10.2. The number of rotatable bonds is 9. The van der Waals surface area contributed by atoms with Crippen LogP contribution in [0.25, 0.3) is 0 Å². The molecule has 248 valence electrons. The monoisotopic (exact) mass is 664 g/mol. The summed E-state index contributed by atoms with van der Waals surface area (Å²) in [7, 11) is -3.70. The number of hydrogen-bond acceptors (Lipinski definition) is 6. The molecule has 1 saturated carbocycles. The fourth-order valence-corrected chi connectivity index (χ4v) is 7.21. The summed E-state index contributed by atoms with van der Waals surface area (Å²) in [5.41, 5.74) is 1.23. The van der Waals surface area contributed by atoms with Gasteiger partial charge in [0.2, 0.25) is 5.91 Å². The number of hydrogen-bond donors (Lipinski definition) is 2. The average molecular weight is 665 g/mol.